The van der Waals surface area contributed by atoms with Crippen LogP contribution in [0.1, 0.15) is 22.3 Å². The van der Waals surface area contributed by atoms with Gasteiger partial charge in [0.1, 0.15) is 0 Å². The van der Waals surface area contributed by atoms with E-state index in [1.807, 2.05) is 0 Å². The lowest BCUT2D eigenvalue weighted by Crippen LogP contribution is -2.29. The third-order valence-corrected chi connectivity index (χ3v) is 7.55. The van der Waals surface area contributed by atoms with Gasteiger partial charge in [-0.25, -0.2) is 25.9 Å². The number of nitrogens with zero attached hydrogens (tertiary/aromatic N) is 1. The predicted octanol–water partition coefficient (Wildman–Crippen LogP) is 1.65. The molecule has 0 unspecified atom stereocenters. The van der Waals surface area contributed by atoms with E-state index in [1.54, 1.807) is 12.1 Å². The molecule has 2 aromatic carbocycles. The Morgan fingerprint density at radius 1 is 1.17 bits per heavy atom. The van der Waals surface area contributed by atoms with Gasteiger partial charge >= 0.3 is 5.97 Å². The van der Waals surface area contributed by atoms with Crippen LogP contribution in [0.3, 0.4) is 0 Å². The molecule has 0 atom stereocenters. The summed E-state index contributed by atoms with van der Waals surface area (Å²) in [4.78, 5) is 23.7. The quantitative estimate of drug-likeness (QED) is 0.703. The molecule has 1 amide bonds. The summed E-state index contributed by atoms with van der Waals surface area (Å²) in [6.45, 7) is 1.48. The molecule has 1 fully saturated rings. The van der Waals surface area contributed by atoms with Gasteiger partial charge in [0.25, 0.3) is 10.0 Å². The van der Waals surface area contributed by atoms with Crippen LogP contribution in [-0.2, 0) is 29.6 Å². The number of methoxy groups -OCH3 is 1. The Hall–Kier alpha value is -2.92. The molecule has 11 heteroatoms. The summed E-state index contributed by atoms with van der Waals surface area (Å²) in [5, 5.41) is 0. The number of hydrogen-bond acceptors (Lipinski definition) is 7. The molecule has 1 aliphatic heterocycles. The second-order valence-electron chi connectivity index (χ2n) is 6.32. The summed E-state index contributed by atoms with van der Waals surface area (Å²) in [5.41, 5.74) is 0.404. The highest BCUT2D eigenvalue weighted by Crippen LogP contribution is 2.29. The molecule has 1 saturated heterocycles. The van der Waals surface area contributed by atoms with Crippen molar-refractivity contribution in [3.8, 4) is 0 Å². The number of sulfonamides is 2. The number of aryl methyl sites for hydroxylation is 1. The summed E-state index contributed by atoms with van der Waals surface area (Å²) in [6, 6.07) is 9.76. The number of ether oxygens (including phenoxy) is 1. The fourth-order valence-corrected chi connectivity index (χ4v) is 5.75. The van der Waals surface area contributed by atoms with Crippen molar-refractivity contribution in [1.82, 2.24) is 0 Å². The van der Waals surface area contributed by atoms with Crippen molar-refractivity contribution in [2.45, 2.75) is 18.2 Å². The van der Waals surface area contributed by atoms with Gasteiger partial charge in [-0.15, -0.1) is 0 Å². The van der Waals surface area contributed by atoms with Crippen LogP contribution in [0.15, 0.2) is 47.4 Å². The lowest BCUT2D eigenvalue weighted by Gasteiger charge is -2.17. The number of rotatable bonds is 5. The molecule has 0 bridgehead atoms. The number of hydrogen-bond donors (Lipinski definition) is 1. The highest BCUT2D eigenvalue weighted by molar-refractivity contribution is 7.94. The van der Waals surface area contributed by atoms with Gasteiger partial charge in [0.05, 0.1) is 34.7 Å². The molecular weight excluding hydrogens is 420 g/mol. The maximum Gasteiger partial charge on any atom is 0.339 e. The zero-order chi connectivity index (χ0) is 21.4. The van der Waals surface area contributed by atoms with E-state index in [9.17, 15) is 26.4 Å². The molecular formula is C18H18N2O7S2. The number of anilines is 2. The summed E-state index contributed by atoms with van der Waals surface area (Å²) in [6.07, 6.45) is -0.118. The fourth-order valence-electron chi connectivity index (χ4n) is 2.99. The molecule has 154 valence electrons. The molecule has 9 nitrogen and oxygen atoms in total. The second-order valence-corrected chi connectivity index (χ2v) is 9.90. The van der Waals surface area contributed by atoms with E-state index in [1.165, 1.54) is 44.4 Å². The molecule has 1 heterocycles. The molecule has 0 aliphatic carbocycles. The number of carbonyl (C=O) groups excluding carboxylic acids is 2. The van der Waals surface area contributed by atoms with E-state index in [4.69, 9.17) is 0 Å². The van der Waals surface area contributed by atoms with Crippen molar-refractivity contribution in [2.75, 3.05) is 21.9 Å². The molecule has 1 aliphatic rings. The van der Waals surface area contributed by atoms with Crippen molar-refractivity contribution in [3.63, 3.8) is 0 Å². The standard InChI is InChI=1S/C18H18N2O7S2/c1-12-11-13(20-17(21)9-10-28(20,23)24)7-8-16(12)29(25,26)19-15-6-4-3-5-14(15)18(22)27-2/h3-8,11,19H,9-10H2,1-2H3. The Morgan fingerprint density at radius 2 is 1.86 bits per heavy atom. The molecule has 0 radical (unpaired) electrons. The van der Waals surface area contributed by atoms with E-state index in [2.05, 4.69) is 9.46 Å². The van der Waals surface area contributed by atoms with Crippen molar-refractivity contribution in [3.05, 3.63) is 53.6 Å². The van der Waals surface area contributed by atoms with Crippen LogP contribution in [0.2, 0.25) is 0 Å². The Labute approximate surface area is 168 Å². The molecule has 2 aromatic rings. The highest BCUT2D eigenvalue weighted by atomic mass is 32.2. The SMILES string of the molecule is COC(=O)c1ccccc1NS(=O)(=O)c1ccc(N2C(=O)CCS2(=O)=O)cc1C. The maximum absolute atomic E-state index is 12.8. The van der Waals surface area contributed by atoms with E-state index in [0.717, 1.165) is 0 Å². The smallest absolute Gasteiger partial charge is 0.339 e. The Balaban J connectivity index is 1.97. The first-order valence-electron chi connectivity index (χ1n) is 8.43. The lowest BCUT2D eigenvalue weighted by atomic mass is 10.2. The Morgan fingerprint density at radius 3 is 2.45 bits per heavy atom. The van der Waals surface area contributed by atoms with E-state index < -0.39 is 31.9 Å². The maximum atomic E-state index is 12.8. The van der Waals surface area contributed by atoms with Gasteiger partial charge in [-0.1, -0.05) is 12.1 Å². The van der Waals surface area contributed by atoms with Crippen molar-refractivity contribution >= 4 is 43.3 Å². The van der Waals surface area contributed by atoms with Crippen LogP contribution in [0.5, 0.6) is 0 Å². The fraction of sp³-hybridized carbons (Fsp3) is 0.222. The minimum Gasteiger partial charge on any atom is -0.465 e. The van der Waals surface area contributed by atoms with Gasteiger partial charge in [-0.3, -0.25) is 9.52 Å². The van der Waals surface area contributed by atoms with Crippen molar-refractivity contribution in [2.24, 2.45) is 0 Å². The number of carbonyl (C=O) groups is 2. The number of esters is 1. The van der Waals surface area contributed by atoms with Crippen LogP contribution in [0, 0.1) is 6.92 Å². The molecule has 0 aromatic heterocycles. The van der Waals surface area contributed by atoms with Gasteiger partial charge in [0, 0.05) is 6.42 Å². The van der Waals surface area contributed by atoms with E-state index in [-0.39, 0.29) is 39.6 Å². The van der Waals surface area contributed by atoms with E-state index in [0.29, 0.717) is 4.31 Å². The number of amides is 1. The van der Waals surface area contributed by atoms with Crippen LogP contribution < -0.4 is 9.03 Å². The first kappa shape index (κ1) is 20.8. The predicted molar refractivity (Wildman–Crippen MR) is 106 cm³/mol. The molecule has 29 heavy (non-hydrogen) atoms. The van der Waals surface area contributed by atoms with Crippen molar-refractivity contribution < 1.29 is 31.2 Å². The summed E-state index contributed by atoms with van der Waals surface area (Å²) in [5.74, 6) is -1.55. The first-order chi connectivity index (χ1) is 13.6. The Kier molecular flexibility index (Phi) is 5.37. The van der Waals surface area contributed by atoms with Gasteiger partial charge in [-0.05, 0) is 42.8 Å². The Bertz CT molecular complexity index is 1200. The molecule has 0 spiro atoms. The third kappa shape index (κ3) is 3.96. The lowest BCUT2D eigenvalue weighted by molar-refractivity contribution is -0.116. The van der Waals surface area contributed by atoms with Gasteiger partial charge < -0.3 is 4.74 Å². The van der Waals surface area contributed by atoms with Gasteiger partial charge in [-0.2, -0.15) is 0 Å². The summed E-state index contributed by atoms with van der Waals surface area (Å²) in [7, 11) is -6.67. The molecule has 0 saturated carbocycles. The topological polar surface area (TPSA) is 127 Å². The normalized spacial score (nSPS) is 15.9. The minimum atomic E-state index is -4.10. The van der Waals surface area contributed by atoms with Crippen LogP contribution in [-0.4, -0.2) is 41.6 Å². The number of para-hydroxylation sites is 1. The van der Waals surface area contributed by atoms with Crippen LogP contribution in [0.25, 0.3) is 0 Å². The highest BCUT2D eigenvalue weighted by Gasteiger charge is 2.36. The zero-order valence-corrected chi connectivity index (χ0v) is 17.2. The zero-order valence-electron chi connectivity index (χ0n) is 15.6. The largest absolute Gasteiger partial charge is 0.465 e. The van der Waals surface area contributed by atoms with Crippen LogP contribution >= 0.6 is 0 Å². The average molecular weight is 438 g/mol. The number of nitrogens with one attached hydrogen (secondary N) is 1. The third-order valence-electron chi connectivity index (χ3n) is 4.34. The summed E-state index contributed by atoms with van der Waals surface area (Å²) < 4.78 is 57.5. The van der Waals surface area contributed by atoms with Gasteiger partial charge in [0.15, 0.2) is 0 Å². The van der Waals surface area contributed by atoms with Gasteiger partial charge in [0.2, 0.25) is 15.9 Å². The monoisotopic (exact) mass is 438 g/mol. The van der Waals surface area contributed by atoms with E-state index >= 15 is 0 Å². The molecule has 1 N–H and O–H groups in total. The van der Waals surface area contributed by atoms with Crippen LogP contribution in [0.4, 0.5) is 11.4 Å². The minimum absolute atomic E-state index is 0.0418. The van der Waals surface area contributed by atoms with Crippen molar-refractivity contribution in [1.29, 1.82) is 0 Å². The second kappa shape index (κ2) is 7.48. The first-order valence-corrected chi connectivity index (χ1v) is 11.5. The number of benzene rings is 2. The summed E-state index contributed by atoms with van der Waals surface area (Å²) >= 11 is 0. The molecule has 3 rings (SSSR count). The average Bonchev–Trinajstić information content (AvgIpc) is 2.93.